The highest BCUT2D eigenvalue weighted by atomic mass is 19.1. The third-order valence-corrected chi connectivity index (χ3v) is 4.99. The van der Waals surface area contributed by atoms with Gasteiger partial charge in [-0.15, -0.1) is 0 Å². The molecule has 5 heteroatoms. The summed E-state index contributed by atoms with van der Waals surface area (Å²) in [5.41, 5.74) is 3.85. The maximum atomic E-state index is 14.1. The van der Waals surface area contributed by atoms with Crippen molar-refractivity contribution in [1.82, 2.24) is 10.4 Å². The molecule has 2 aromatic carbocycles. The number of likely N-dealkylation sites (tertiary alicyclic amines) is 1. The van der Waals surface area contributed by atoms with Crippen molar-refractivity contribution in [2.45, 2.75) is 37.9 Å². The molecule has 24 heavy (non-hydrogen) atoms. The third kappa shape index (κ3) is 3.48. The molecule has 1 saturated heterocycles. The maximum absolute atomic E-state index is 14.1. The van der Waals surface area contributed by atoms with Crippen LogP contribution in [0.2, 0.25) is 0 Å². The van der Waals surface area contributed by atoms with Crippen molar-refractivity contribution < 1.29 is 14.0 Å². The fourth-order valence-corrected chi connectivity index (χ4v) is 3.64. The van der Waals surface area contributed by atoms with E-state index in [0.29, 0.717) is 12.0 Å². The molecule has 3 unspecified atom stereocenters. The molecule has 1 fully saturated rings. The van der Waals surface area contributed by atoms with Gasteiger partial charge in [0.15, 0.2) is 0 Å². The molecular weight excluding hydrogens is 310 g/mol. The first-order valence-electron chi connectivity index (χ1n) is 8.22. The van der Waals surface area contributed by atoms with E-state index in [4.69, 9.17) is 0 Å². The maximum Gasteiger partial charge on any atom is 0.126 e. The van der Waals surface area contributed by atoms with Gasteiger partial charge in [-0.1, -0.05) is 30.3 Å². The molecule has 2 N–H and O–H groups in total. The Morgan fingerprint density at radius 1 is 1.17 bits per heavy atom. The molecule has 0 spiro atoms. The Balaban J connectivity index is 1.80. The SMILES string of the molecule is CC1C(NO)C(c2cc(F)ccc2F)CCN1Cc1ccccc1. The van der Waals surface area contributed by atoms with Gasteiger partial charge in [0.1, 0.15) is 11.6 Å². The minimum Gasteiger partial charge on any atom is -0.316 e. The van der Waals surface area contributed by atoms with E-state index < -0.39 is 11.6 Å². The highest BCUT2D eigenvalue weighted by Crippen LogP contribution is 2.34. The zero-order valence-electron chi connectivity index (χ0n) is 13.6. The van der Waals surface area contributed by atoms with Gasteiger partial charge in [-0.2, -0.15) is 0 Å². The van der Waals surface area contributed by atoms with Gasteiger partial charge in [0.25, 0.3) is 0 Å². The molecule has 128 valence electrons. The smallest absolute Gasteiger partial charge is 0.126 e. The summed E-state index contributed by atoms with van der Waals surface area (Å²) in [4.78, 5) is 2.25. The standard InChI is InChI=1S/C19H22F2N2O/c1-13-19(22-24)16(17-11-15(20)7-8-18(17)21)9-10-23(13)12-14-5-3-2-4-6-14/h2-8,11,13,16,19,22,24H,9-10,12H2,1H3. The van der Waals surface area contributed by atoms with Crippen molar-refractivity contribution in [3.05, 3.63) is 71.3 Å². The Hall–Kier alpha value is -1.82. The van der Waals surface area contributed by atoms with E-state index in [2.05, 4.69) is 22.5 Å². The van der Waals surface area contributed by atoms with E-state index >= 15 is 0 Å². The second-order valence-corrected chi connectivity index (χ2v) is 6.41. The summed E-state index contributed by atoms with van der Waals surface area (Å²) in [6, 6.07) is 13.2. The van der Waals surface area contributed by atoms with Crippen LogP contribution < -0.4 is 5.48 Å². The lowest BCUT2D eigenvalue weighted by molar-refractivity contribution is 0.0220. The molecule has 0 radical (unpaired) electrons. The van der Waals surface area contributed by atoms with Crippen molar-refractivity contribution in [1.29, 1.82) is 0 Å². The van der Waals surface area contributed by atoms with E-state index in [1.807, 2.05) is 25.1 Å². The Kier molecular flexibility index (Phi) is 5.23. The third-order valence-electron chi connectivity index (χ3n) is 4.99. The van der Waals surface area contributed by atoms with E-state index in [-0.39, 0.29) is 18.0 Å². The lowest BCUT2D eigenvalue weighted by Gasteiger charge is -2.43. The van der Waals surface area contributed by atoms with Gasteiger partial charge in [-0.25, -0.2) is 14.3 Å². The van der Waals surface area contributed by atoms with Gasteiger partial charge in [-0.3, -0.25) is 4.90 Å². The van der Waals surface area contributed by atoms with Crippen LogP contribution in [0.3, 0.4) is 0 Å². The zero-order valence-corrected chi connectivity index (χ0v) is 13.6. The van der Waals surface area contributed by atoms with Crippen LogP contribution >= 0.6 is 0 Å². The van der Waals surface area contributed by atoms with Gasteiger partial charge in [0.05, 0.1) is 6.04 Å². The summed E-state index contributed by atoms with van der Waals surface area (Å²) in [6.07, 6.45) is 0.649. The van der Waals surface area contributed by atoms with Crippen LogP contribution in [0.4, 0.5) is 8.78 Å². The first kappa shape index (κ1) is 17.0. The number of nitrogens with one attached hydrogen (secondary N) is 1. The molecule has 3 nitrogen and oxygen atoms in total. The molecule has 1 heterocycles. The molecular formula is C19H22F2N2O. The van der Waals surface area contributed by atoms with E-state index in [9.17, 15) is 14.0 Å². The zero-order chi connectivity index (χ0) is 17.1. The number of piperidine rings is 1. The summed E-state index contributed by atoms with van der Waals surface area (Å²) in [5, 5.41) is 9.64. The number of benzene rings is 2. The normalized spacial score (nSPS) is 24.9. The molecule has 3 atom stereocenters. The molecule has 1 aliphatic rings. The van der Waals surface area contributed by atoms with Gasteiger partial charge >= 0.3 is 0 Å². The first-order valence-corrected chi connectivity index (χ1v) is 8.22. The highest BCUT2D eigenvalue weighted by Gasteiger charge is 2.37. The van der Waals surface area contributed by atoms with Crippen LogP contribution in [0.25, 0.3) is 0 Å². The average molecular weight is 332 g/mol. The average Bonchev–Trinajstić information content (AvgIpc) is 2.59. The molecule has 0 aromatic heterocycles. The summed E-state index contributed by atoms with van der Waals surface area (Å²) in [6.45, 7) is 3.52. The largest absolute Gasteiger partial charge is 0.316 e. The Bertz CT molecular complexity index is 680. The number of rotatable bonds is 4. The molecule has 0 saturated carbocycles. The first-order chi connectivity index (χ1) is 11.6. The molecule has 2 aromatic rings. The van der Waals surface area contributed by atoms with Crippen LogP contribution in [-0.2, 0) is 6.54 Å². The molecule has 1 aliphatic heterocycles. The Labute approximate surface area is 140 Å². The van der Waals surface area contributed by atoms with Crippen molar-refractivity contribution in [2.75, 3.05) is 6.54 Å². The lowest BCUT2D eigenvalue weighted by Crippen LogP contribution is -2.55. The summed E-state index contributed by atoms with van der Waals surface area (Å²) in [5.74, 6) is -1.15. The van der Waals surface area contributed by atoms with Crippen LogP contribution in [0.1, 0.15) is 30.4 Å². The van der Waals surface area contributed by atoms with Crippen LogP contribution in [0, 0.1) is 11.6 Å². The topological polar surface area (TPSA) is 35.5 Å². The second kappa shape index (κ2) is 7.38. The summed E-state index contributed by atoms with van der Waals surface area (Å²) < 4.78 is 27.7. The van der Waals surface area contributed by atoms with Gasteiger partial charge in [-0.05, 0) is 49.2 Å². The highest BCUT2D eigenvalue weighted by molar-refractivity contribution is 5.26. The molecule has 0 amide bonds. The fourth-order valence-electron chi connectivity index (χ4n) is 3.64. The van der Waals surface area contributed by atoms with Crippen LogP contribution in [0.15, 0.2) is 48.5 Å². The van der Waals surface area contributed by atoms with Gasteiger partial charge in [0, 0.05) is 18.5 Å². The molecule has 0 bridgehead atoms. The summed E-state index contributed by atoms with van der Waals surface area (Å²) >= 11 is 0. The van der Waals surface area contributed by atoms with Gasteiger partial charge in [0.2, 0.25) is 0 Å². The van der Waals surface area contributed by atoms with E-state index in [0.717, 1.165) is 25.2 Å². The van der Waals surface area contributed by atoms with Crippen LogP contribution in [-0.4, -0.2) is 28.7 Å². The number of hydrogen-bond donors (Lipinski definition) is 2. The number of halogens is 2. The second-order valence-electron chi connectivity index (χ2n) is 6.41. The van der Waals surface area contributed by atoms with Crippen molar-refractivity contribution in [2.24, 2.45) is 0 Å². The lowest BCUT2D eigenvalue weighted by atomic mass is 9.81. The predicted molar refractivity (Wildman–Crippen MR) is 88.7 cm³/mol. The predicted octanol–water partition coefficient (Wildman–Crippen LogP) is 3.69. The summed E-state index contributed by atoms with van der Waals surface area (Å²) in [7, 11) is 0. The minimum atomic E-state index is -0.456. The fraction of sp³-hybridized carbons (Fsp3) is 0.368. The quantitative estimate of drug-likeness (QED) is 0.838. The molecule has 3 rings (SSSR count). The van der Waals surface area contributed by atoms with Crippen molar-refractivity contribution in [3.63, 3.8) is 0 Å². The van der Waals surface area contributed by atoms with Crippen LogP contribution in [0.5, 0.6) is 0 Å². The number of hydroxylamine groups is 1. The number of hydrogen-bond acceptors (Lipinski definition) is 3. The van der Waals surface area contributed by atoms with Gasteiger partial charge < -0.3 is 5.21 Å². The Morgan fingerprint density at radius 2 is 1.92 bits per heavy atom. The van der Waals surface area contributed by atoms with E-state index in [1.54, 1.807) is 0 Å². The minimum absolute atomic E-state index is 0.0170. The number of nitrogens with zero attached hydrogens (tertiary/aromatic N) is 1. The van der Waals surface area contributed by atoms with E-state index in [1.165, 1.54) is 11.6 Å². The monoisotopic (exact) mass is 332 g/mol. The van der Waals surface area contributed by atoms with Crippen molar-refractivity contribution >= 4 is 0 Å². The molecule has 0 aliphatic carbocycles. The Morgan fingerprint density at radius 3 is 2.62 bits per heavy atom. The van der Waals surface area contributed by atoms with Crippen molar-refractivity contribution in [3.8, 4) is 0 Å².